The highest BCUT2D eigenvalue weighted by atomic mass is 16.5. The van der Waals surface area contributed by atoms with Gasteiger partial charge in [-0.15, -0.1) is 0 Å². The highest BCUT2D eigenvalue weighted by molar-refractivity contribution is 5.88. The summed E-state index contributed by atoms with van der Waals surface area (Å²) >= 11 is 0. The topological polar surface area (TPSA) is 62.1 Å². The third kappa shape index (κ3) is 2.65. The maximum atomic E-state index is 11.8. The Morgan fingerprint density at radius 1 is 1.27 bits per heavy atom. The van der Waals surface area contributed by atoms with Crippen LogP contribution in [0, 0.1) is 0 Å². The number of nitrogens with zero attached hydrogens (tertiary/aromatic N) is 2. The highest BCUT2D eigenvalue weighted by Gasteiger charge is 2.37. The number of carbonyl (C=O) groups excluding carboxylic acids is 1. The molecule has 112 valence electrons. The Morgan fingerprint density at radius 3 is 2.73 bits per heavy atom. The van der Waals surface area contributed by atoms with Crippen molar-refractivity contribution in [3.8, 4) is 11.5 Å². The minimum Gasteiger partial charge on any atom is -0.507 e. The van der Waals surface area contributed by atoms with Crippen molar-refractivity contribution in [2.24, 2.45) is 5.10 Å². The van der Waals surface area contributed by atoms with Crippen LogP contribution in [0.3, 0.4) is 0 Å². The molecule has 1 heterocycles. The van der Waals surface area contributed by atoms with Gasteiger partial charge in [-0.25, -0.2) is 5.01 Å². The number of phenolic OH excluding ortho intramolecular Hbond substituents is 1. The Kier molecular flexibility index (Phi) is 3.78. The van der Waals surface area contributed by atoms with E-state index in [0.29, 0.717) is 17.7 Å². The number of methoxy groups -OCH3 is 1. The number of hydrazone groups is 1. The summed E-state index contributed by atoms with van der Waals surface area (Å²) in [5, 5.41) is 15.5. The van der Waals surface area contributed by atoms with E-state index in [1.165, 1.54) is 17.3 Å². The zero-order chi connectivity index (χ0) is 15.5. The van der Waals surface area contributed by atoms with Crippen molar-refractivity contribution in [2.45, 2.75) is 12.5 Å². The van der Waals surface area contributed by atoms with Gasteiger partial charge in [-0.05, 0) is 23.8 Å². The zero-order valence-electron chi connectivity index (χ0n) is 12.1. The van der Waals surface area contributed by atoms with Crippen LogP contribution in [0.4, 0.5) is 0 Å². The fourth-order valence-corrected chi connectivity index (χ4v) is 2.37. The van der Waals surface area contributed by atoms with Gasteiger partial charge >= 0.3 is 0 Å². The average Bonchev–Trinajstić information content (AvgIpc) is 2.55. The van der Waals surface area contributed by atoms with Crippen LogP contribution in [-0.2, 0) is 4.79 Å². The summed E-state index contributed by atoms with van der Waals surface area (Å²) in [4.78, 5) is 11.8. The van der Waals surface area contributed by atoms with Crippen molar-refractivity contribution in [3.63, 3.8) is 0 Å². The molecule has 3 rings (SSSR count). The second-order valence-electron chi connectivity index (χ2n) is 5.04. The van der Waals surface area contributed by atoms with Gasteiger partial charge in [-0.3, -0.25) is 4.79 Å². The molecule has 1 amide bonds. The number of hydrogen-bond acceptors (Lipinski definition) is 4. The van der Waals surface area contributed by atoms with Gasteiger partial charge in [-0.2, -0.15) is 5.10 Å². The van der Waals surface area contributed by atoms with E-state index in [4.69, 9.17) is 4.74 Å². The van der Waals surface area contributed by atoms with Crippen molar-refractivity contribution in [2.75, 3.05) is 7.11 Å². The Hall–Kier alpha value is -2.82. The molecule has 0 unspecified atom stereocenters. The third-order valence-corrected chi connectivity index (χ3v) is 3.66. The van der Waals surface area contributed by atoms with Gasteiger partial charge in [0.1, 0.15) is 11.5 Å². The standard InChI is InChI=1S/C17H16N2O3/c1-22-14-7-8-16(20)13(9-14)11-18-19-15(10-17(19)21)12-5-3-2-4-6-12/h2-9,11,15,20H,10H2,1H3/b18-11-/t15-/m1/s1. The molecular weight excluding hydrogens is 280 g/mol. The van der Waals surface area contributed by atoms with Crippen LogP contribution in [0.25, 0.3) is 0 Å². The van der Waals surface area contributed by atoms with E-state index in [-0.39, 0.29) is 17.7 Å². The maximum Gasteiger partial charge on any atom is 0.245 e. The predicted octanol–water partition coefficient (Wildman–Crippen LogP) is 2.71. The molecule has 0 aliphatic carbocycles. The van der Waals surface area contributed by atoms with E-state index in [9.17, 15) is 9.90 Å². The first kappa shape index (κ1) is 14.1. The molecular formula is C17H16N2O3. The number of phenols is 1. The number of β-lactam (4-membered cyclic amide) rings is 1. The monoisotopic (exact) mass is 296 g/mol. The lowest BCUT2D eigenvalue weighted by atomic mass is 9.96. The van der Waals surface area contributed by atoms with Gasteiger partial charge in [0.15, 0.2) is 0 Å². The number of hydrogen-bond donors (Lipinski definition) is 1. The Labute approximate surface area is 128 Å². The second kappa shape index (κ2) is 5.89. The van der Waals surface area contributed by atoms with Crippen molar-refractivity contribution < 1.29 is 14.6 Å². The third-order valence-electron chi connectivity index (χ3n) is 3.66. The first-order valence-corrected chi connectivity index (χ1v) is 6.97. The first-order chi connectivity index (χ1) is 10.7. The number of aromatic hydroxyl groups is 1. The second-order valence-corrected chi connectivity index (χ2v) is 5.04. The summed E-state index contributed by atoms with van der Waals surface area (Å²) in [6.07, 6.45) is 1.93. The van der Waals surface area contributed by atoms with E-state index in [0.717, 1.165) is 5.56 Å². The van der Waals surface area contributed by atoms with Crippen LogP contribution in [-0.4, -0.2) is 29.3 Å². The summed E-state index contributed by atoms with van der Waals surface area (Å²) in [5.74, 6) is 0.676. The summed E-state index contributed by atoms with van der Waals surface area (Å²) < 4.78 is 5.12. The summed E-state index contributed by atoms with van der Waals surface area (Å²) in [6, 6.07) is 14.6. The van der Waals surface area contributed by atoms with Crippen LogP contribution in [0.15, 0.2) is 53.6 Å². The summed E-state index contributed by atoms with van der Waals surface area (Å²) in [6.45, 7) is 0. The molecule has 2 aromatic carbocycles. The van der Waals surface area contributed by atoms with Gasteiger partial charge in [-0.1, -0.05) is 30.3 Å². The first-order valence-electron chi connectivity index (χ1n) is 6.97. The lowest BCUT2D eigenvalue weighted by molar-refractivity contribution is -0.146. The summed E-state index contributed by atoms with van der Waals surface area (Å²) in [7, 11) is 1.55. The van der Waals surface area contributed by atoms with Crippen molar-refractivity contribution >= 4 is 12.1 Å². The minimum absolute atomic E-state index is 0.0347. The molecule has 0 bridgehead atoms. The molecule has 0 radical (unpaired) electrons. The van der Waals surface area contributed by atoms with Gasteiger partial charge in [0.25, 0.3) is 0 Å². The molecule has 0 saturated carbocycles. The molecule has 1 N–H and O–H groups in total. The molecule has 5 heteroatoms. The molecule has 0 aromatic heterocycles. The lowest BCUT2D eigenvalue weighted by Crippen LogP contribution is -2.42. The highest BCUT2D eigenvalue weighted by Crippen LogP contribution is 2.34. The molecule has 0 spiro atoms. The fraction of sp³-hybridized carbons (Fsp3) is 0.176. The zero-order valence-corrected chi connectivity index (χ0v) is 12.1. The minimum atomic E-state index is -0.0438. The van der Waals surface area contributed by atoms with Crippen molar-refractivity contribution in [1.82, 2.24) is 5.01 Å². The molecule has 5 nitrogen and oxygen atoms in total. The number of carbonyl (C=O) groups is 1. The quantitative estimate of drug-likeness (QED) is 0.697. The molecule has 1 atom stereocenters. The van der Waals surface area contributed by atoms with E-state index >= 15 is 0 Å². The van der Waals surface area contributed by atoms with Crippen LogP contribution in [0.2, 0.25) is 0 Å². The average molecular weight is 296 g/mol. The fourth-order valence-electron chi connectivity index (χ4n) is 2.37. The van der Waals surface area contributed by atoms with Gasteiger partial charge in [0.05, 0.1) is 25.8 Å². The molecule has 1 aliphatic heterocycles. The van der Waals surface area contributed by atoms with Crippen LogP contribution < -0.4 is 4.74 Å². The molecule has 1 fully saturated rings. The molecule has 1 aliphatic rings. The van der Waals surface area contributed by atoms with E-state index in [1.54, 1.807) is 19.2 Å². The molecule has 22 heavy (non-hydrogen) atoms. The van der Waals surface area contributed by atoms with Gasteiger partial charge in [0.2, 0.25) is 5.91 Å². The number of ether oxygens (including phenoxy) is 1. The van der Waals surface area contributed by atoms with Crippen molar-refractivity contribution in [3.05, 3.63) is 59.7 Å². The van der Waals surface area contributed by atoms with Gasteiger partial charge in [0, 0.05) is 5.56 Å². The smallest absolute Gasteiger partial charge is 0.245 e. The van der Waals surface area contributed by atoms with Crippen LogP contribution in [0.1, 0.15) is 23.6 Å². The van der Waals surface area contributed by atoms with E-state index in [2.05, 4.69) is 5.10 Å². The maximum absolute atomic E-state index is 11.8. The molecule has 1 saturated heterocycles. The number of benzene rings is 2. The summed E-state index contributed by atoms with van der Waals surface area (Å²) in [5.41, 5.74) is 1.56. The predicted molar refractivity (Wildman–Crippen MR) is 82.9 cm³/mol. The SMILES string of the molecule is COc1ccc(O)c(/C=N\N2C(=O)C[C@@H]2c2ccccc2)c1. The Morgan fingerprint density at radius 2 is 2.05 bits per heavy atom. The van der Waals surface area contributed by atoms with Crippen molar-refractivity contribution in [1.29, 1.82) is 0 Å². The van der Waals surface area contributed by atoms with E-state index in [1.807, 2.05) is 30.3 Å². The Balaban J connectivity index is 1.81. The van der Waals surface area contributed by atoms with Crippen LogP contribution in [0.5, 0.6) is 11.5 Å². The number of rotatable bonds is 4. The lowest BCUT2D eigenvalue weighted by Gasteiger charge is -2.36. The van der Waals surface area contributed by atoms with Gasteiger partial charge < -0.3 is 9.84 Å². The normalized spacial score (nSPS) is 17.6. The Bertz CT molecular complexity index is 713. The number of amides is 1. The largest absolute Gasteiger partial charge is 0.507 e. The van der Waals surface area contributed by atoms with Crippen LogP contribution >= 0.6 is 0 Å². The van der Waals surface area contributed by atoms with E-state index < -0.39 is 0 Å². The molecule has 2 aromatic rings.